The fourth-order valence-electron chi connectivity index (χ4n) is 4.13. The van der Waals surface area contributed by atoms with Crippen LogP contribution in [0.1, 0.15) is 22.4 Å². The summed E-state index contributed by atoms with van der Waals surface area (Å²) in [6, 6.07) is 10.0. The zero-order valence-corrected chi connectivity index (χ0v) is 17.2. The quantitative estimate of drug-likeness (QED) is 0.523. The molecule has 30 heavy (non-hydrogen) atoms. The van der Waals surface area contributed by atoms with Gasteiger partial charge in [0.25, 0.3) is 0 Å². The van der Waals surface area contributed by atoms with Crippen LogP contribution < -0.4 is 14.8 Å². The number of hydrogen-bond acceptors (Lipinski definition) is 7. The maximum absolute atomic E-state index is 5.73. The highest BCUT2D eigenvalue weighted by Gasteiger charge is 2.23. The van der Waals surface area contributed by atoms with Crippen LogP contribution in [0.3, 0.4) is 0 Å². The van der Waals surface area contributed by atoms with Gasteiger partial charge in [0.1, 0.15) is 23.9 Å². The number of rotatable bonds is 4. The Balaban J connectivity index is 1.38. The van der Waals surface area contributed by atoms with E-state index in [9.17, 15) is 0 Å². The largest absolute Gasteiger partial charge is 0.486 e. The molecule has 3 aromatic heterocycles. The summed E-state index contributed by atoms with van der Waals surface area (Å²) in [4.78, 5) is 16.5. The molecule has 150 valence electrons. The number of aryl methyl sites for hydroxylation is 2. The van der Waals surface area contributed by atoms with Gasteiger partial charge in [-0.25, -0.2) is 9.97 Å². The van der Waals surface area contributed by atoms with Crippen LogP contribution in [0.25, 0.3) is 21.6 Å². The van der Waals surface area contributed by atoms with E-state index in [1.165, 1.54) is 22.2 Å². The maximum atomic E-state index is 5.73. The first-order chi connectivity index (χ1) is 14.8. The summed E-state index contributed by atoms with van der Waals surface area (Å²) >= 11 is 1.80. The number of ether oxygens (including phenoxy) is 2. The van der Waals surface area contributed by atoms with Gasteiger partial charge in [-0.2, -0.15) is 0 Å². The second-order valence-corrected chi connectivity index (χ2v) is 8.59. The van der Waals surface area contributed by atoms with Gasteiger partial charge in [-0.05, 0) is 54.7 Å². The van der Waals surface area contributed by atoms with Crippen LogP contribution in [0.4, 0.5) is 5.82 Å². The van der Waals surface area contributed by atoms with Crippen LogP contribution >= 0.6 is 11.3 Å². The fourth-order valence-corrected chi connectivity index (χ4v) is 5.39. The zero-order chi connectivity index (χ0) is 19.9. The van der Waals surface area contributed by atoms with Crippen molar-refractivity contribution in [2.75, 3.05) is 18.5 Å². The molecule has 0 saturated heterocycles. The van der Waals surface area contributed by atoms with Crippen molar-refractivity contribution in [3.63, 3.8) is 0 Å². The number of benzene rings is 1. The van der Waals surface area contributed by atoms with Gasteiger partial charge in [-0.3, -0.25) is 4.98 Å². The summed E-state index contributed by atoms with van der Waals surface area (Å²) in [6.07, 6.45) is 7.03. The lowest BCUT2D eigenvalue weighted by Crippen LogP contribution is -2.15. The second kappa shape index (κ2) is 7.25. The van der Waals surface area contributed by atoms with E-state index < -0.39 is 0 Å². The lowest BCUT2D eigenvalue weighted by molar-refractivity contribution is 0.171. The number of thiophene rings is 1. The van der Waals surface area contributed by atoms with Crippen molar-refractivity contribution in [1.29, 1.82) is 0 Å². The number of hydrogen-bond donors (Lipinski definition) is 1. The van der Waals surface area contributed by atoms with Gasteiger partial charge < -0.3 is 14.8 Å². The topological polar surface area (TPSA) is 69.2 Å². The molecule has 0 unspecified atom stereocenters. The molecule has 6 rings (SSSR count). The molecule has 6 nitrogen and oxygen atoms in total. The molecule has 1 N–H and O–H groups in total. The smallest absolute Gasteiger partial charge is 0.164 e. The molecule has 4 heterocycles. The minimum absolute atomic E-state index is 0.589. The molecule has 0 radical (unpaired) electrons. The van der Waals surface area contributed by atoms with E-state index in [2.05, 4.69) is 16.4 Å². The van der Waals surface area contributed by atoms with Gasteiger partial charge in [0, 0.05) is 29.4 Å². The first-order valence-corrected chi connectivity index (χ1v) is 11.0. The van der Waals surface area contributed by atoms with Gasteiger partial charge in [0.2, 0.25) is 0 Å². The highest BCUT2D eigenvalue weighted by Crippen LogP contribution is 2.40. The van der Waals surface area contributed by atoms with E-state index in [1.807, 2.05) is 30.5 Å². The number of pyridine rings is 1. The minimum Gasteiger partial charge on any atom is -0.486 e. The third kappa shape index (κ3) is 3.06. The molecule has 0 amide bonds. The summed E-state index contributed by atoms with van der Waals surface area (Å²) in [5, 5.41) is 4.75. The van der Waals surface area contributed by atoms with Crippen molar-refractivity contribution in [2.24, 2.45) is 0 Å². The van der Waals surface area contributed by atoms with Crippen LogP contribution in [-0.2, 0) is 19.4 Å². The molecule has 0 bridgehead atoms. The maximum Gasteiger partial charge on any atom is 0.164 e. The van der Waals surface area contributed by atoms with Crippen LogP contribution in [-0.4, -0.2) is 28.2 Å². The molecule has 1 aliphatic carbocycles. The van der Waals surface area contributed by atoms with Crippen molar-refractivity contribution in [2.45, 2.75) is 25.8 Å². The summed E-state index contributed by atoms with van der Waals surface area (Å²) in [5.74, 6) is 3.22. The Bertz CT molecular complexity index is 1240. The van der Waals surface area contributed by atoms with E-state index in [0.717, 1.165) is 46.1 Å². The van der Waals surface area contributed by atoms with Crippen molar-refractivity contribution in [3.05, 3.63) is 58.7 Å². The lowest BCUT2D eigenvalue weighted by atomic mass is 10.1. The molecule has 0 spiro atoms. The number of fused-ring (bicyclic) bond motifs is 4. The molecule has 1 aromatic carbocycles. The van der Waals surface area contributed by atoms with E-state index in [1.54, 1.807) is 17.5 Å². The first kappa shape index (κ1) is 17.7. The van der Waals surface area contributed by atoms with Crippen LogP contribution in [0.2, 0.25) is 0 Å². The highest BCUT2D eigenvalue weighted by atomic mass is 32.1. The van der Waals surface area contributed by atoms with Crippen molar-refractivity contribution in [1.82, 2.24) is 15.0 Å². The molecular formula is C23H20N4O2S. The zero-order valence-electron chi connectivity index (χ0n) is 16.4. The molecular weight excluding hydrogens is 396 g/mol. The molecule has 0 saturated carbocycles. The number of anilines is 1. The second-order valence-electron chi connectivity index (χ2n) is 7.51. The highest BCUT2D eigenvalue weighted by molar-refractivity contribution is 7.19. The van der Waals surface area contributed by atoms with Crippen molar-refractivity contribution >= 4 is 27.4 Å². The molecule has 7 heteroatoms. The SMILES string of the molecule is c1cncc(-c2nc(NCc3ccc4c(c3)OCCO4)c3c4c(sc3n2)CCC4)c1. The first-order valence-electron chi connectivity index (χ1n) is 10.2. The monoisotopic (exact) mass is 416 g/mol. The summed E-state index contributed by atoms with van der Waals surface area (Å²) in [7, 11) is 0. The normalized spacial score (nSPS) is 14.7. The molecule has 0 fully saturated rings. The Kier molecular flexibility index (Phi) is 4.27. The predicted octanol–water partition coefficient (Wildman–Crippen LogP) is 4.63. The lowest BCUT2D eigenvalue weighted by Gasteiger charge is -2.19. The predicted molar refractivity (Wildman–Crippen MR) is 117 cm³/mol. The van der Waals surface area contributed by atoms with Crippen molar-refractivity contribution in [3.8, 4) is 22.9 Å². The van der Waals surface area contributed by atoms with Gasteiger partial charge in [0.15, 0.2) is 17.3 Å². The van der Waals surface area contributed by atoms with Crippen LogP contribution in [0.5, 0.6) is 11.5 Å². The third-order valence-electron chi connectivity index (χ3n) is 5.55. The van der Waals surface area contributed by atoms with Crippen molar-refractivity contribution < 1.29 is 9.47 Å². The van der Waals surface area contributed by atoms with Gasteiger partial charge >= 0.3 is 0 Å². The van der Waals surface area contributed by atoms with Gasteiger partial charge in [-0.15, -0.1) is 11.3 Å². The average Bonchev–Trinajstić information content (AvgIpc) is 3.39. The summed E-state index contributed by atoms with van der Waals surface area (Å²) in [5.41, 5.74) is 3.47. The van der Waals surface area contributed by atoms with Crippen LogP contribution in [0.15, 0.2) is 42.7 Å². The Labute approximate surface area is 177 Å². The van der Waals surface area contributed by atoms with E-state index in [4.69, 9.17) is 19.4 Å². The van der Waals surface area contributed by atoms with Gasteiger partial charge in [-0.1, -0.05) is 6.07 Å². The van der Waals surface area contributed by atoms with Crippen LogP contribution in [0, 0.1) is 0 Å². The Morgan fingerprint density at radius 1 is 1.03 bits per heavy atom. The Hall–Kier alpha value is -3.19. The Morgan fingerprint density at radius 3 is 2.87 bits per heavy atom. The summed E-state index contributed by atoms with van der Waals surface area (Å²) < 4.78 is 11.4. The summed E-state index contributed by atoms with van der Waals surface area (Å²) in [6.45, 7) is 1.84. The molecule has 4 aromatic rings. The minimum atomic E-state index is 0.589. The standard InChI is InChI=1S/C23H20N4O2S/c1-4-16-19(5-1)30-23-20(16)22(26-21(27-23)15-3-2-8-24-13-15)25-12-14-6-7-17-18(11-14)29-10-9-28-17/h2-3,6-8,11,13H,1,4-5,9-10,12H2,(H,25,26,27). The number of nitrogens with zero attached hydrogens (tertiary/aromatic N) is 3. The van der Waals surface area contributed by atoms with Gasteiger partial charge in [0.05, 0.1) is 5.39 Å². The molecule has 1 aliphatic heterocycles. The molecule has 2 aliphatic rings. The number of nitrogens with one attached hydrogen (secondary N) is 1. The van der Waals surface area contributed by atoms with E-state index in [-0.39, 0.29) is 0 Å². The fraction of sp³-hybridized carbons (Fsp3) is 0.261. The molecule has 0 atom stereocenters. The average molecular weight is 417 g/mol. The van der Waals surface area contributed by atoms with E-state index in [0.29, 0.717) is 25.6 Å². The third-order valence-corrected chi connectivity index (χ3v) is 6.74. The Morgan fingerprint density at radius 2 is 1.97 bits per heavy atom. The number of aromatic nitrogens is 3. The van der Waals surface area contributed by atoms with E-state index >= 15 is 0 Å².